The maximum Gasteiger partial charge on any atom is 0.237 e. The van der Waals surface area contributed by atoms with Crippen molar-refractivity contribution < 1.29 is 17.9 Å². The minimum atomic E-state index is -3.41. The first-order valence-electron chi connectivity index (χ1n) is 7.71. The number of carbonyl (C=O) groups excluding carboxylic acids is 1. The molecule has 1 aromatic carbocycles. The van der Waals surface area contributed by atoms with Gasteiger partial charge in [0.15, 0.2) is 0 Å². The van der Waals surface area contributed by atoms with Crippen molar-refractivity contribution in [2.45, 2.75) is 31.2 Å². The third-order valence-electron chi connectivity index (χ3n) is 4.22. The third kappa shape index (κ3) is 5.02. The van der Waals surface area contributed by atoms with Gasteiger partial charge in [0.05, 0.1) is 12.3 Å². The number of carbonyl (C=O) groups is 1. The van der Waals surface area contributed by atoms with Gasteiger partial charge in [-0.25, -0.2) is 13.1 Å². The Morgan fingerprint density at radius 1 is 1.26 bits per heavy atom. The molecule has 23 heavy (non-hydrogen) atoms. The Kier molecular flexibility index (Phi) is 5.78. The number of rotatable bonds is 6. The lowest BCUT2D eigenvalue weighted by Crippen LogP contribution is -2.50. The quantitative estimate of drug-likeness (QED) is 0.802. The molecule has 0 saturated carbocycles. The zero-order valence-corrected chi connectivity index (χ0v) is 14.4. The van der Waals surface area contributed by atoms with Crippen LogP contribution < -0.4 is 10.0 Å². The van der Waals surface area contributed by atoms with E-state index in [0.717, 1.165) is 19.1 Å². The Bertz CT molecular complexity index is 625. The van der Waals surface area contributed by atoms with E-state index >= 15 is 0 Å². The van der Waals surface area contributed by atoms with Crippen LogP contribution in [0.15, 0.2) is 30.3 Å². The first-order chi connectivity index (χ1) is 10.8. The van der Waals surface area contributed by atoms with E-state index in [1.54, 1.807) is 0 Å². The number of hydrogen-bond acceptors (Lipinski definition) is 4. The lowest BCUT2D eigenvalue weighted by Gasteiger charge is -2.38. The highest BCUT2D eigenvalue weighted by atomic mass is 32.2. The zero-order chi connectivity index (χ0) is 16.9. The summed E-state index contributed by atoms with van der Waals surface area (Å²) in [7, 11) is -3.41. The zero-order valence-electron chi connectivity index (χ0n) is 13.5. The molecular formula is C16H24N2O4S. The molecule has 0 spiro atoms. The summed E-state index contributed by atoms with van der Waals surface area (Å²) >= 11 is 0. The number of amides is 1. The summed E-state index contributed by atoms with van der Waals surface area (Å²) in [6, 6.07) is 9.28. The maximum atomic E-state index is 12.2. The Morgan fingerprint density at radius 2 is 1.87 bits per heavy atom. The average molecular weight is 340 g/mol. The molecule has 1 atom stereocenters. The molecule has 128 valence electrons. The van der Waals surface area contributed by atoms with Gasteiger partial charge in [-0.3, -0.25) is 4.79 Å². The van der Waals surface area contributed by atoms with E-state index in [1.165, 1.54) is 12.5 Å². The number of benzene rings is 1. The lowest BCUT2D eigenvalue weighted by atomic mass is 9.74. The maximum absolute atomic E-state index is 12.2. The molecule has 0 unspecified atom stereocenters. The van der Waals surface area contributed by atoms with Crippen LogP contribution in [0.25, 0.3) is 0 Å². The molecule has 2 rings (SSSR count). The molecule has 1 aromatic rings. The molecule has 2 N–H and O–H groups in total. The SMILES string of the molecule is C[C@@H](NS(C)(=O)=O)C(=O)NCC1(c2ccccc2)CCOCC1. The van der Waals surface area contributed by atoms with Crippen molar-refractivity contribution in [2.75, 3.05) is 26.0 Å². The van der Waals surface area contributed by atoms with E-state index in [2.05, 4.69) is 22.2 Å². The van der Waals surface area contributed by atoms with Crippen LogP contribution in [0.3, 0.4) is 0 Å². The second kappa shape index (κ2) is 7.42. The number of hydrogen-bond donors (Lipinski definition) is 2. The van der Waals surface area contributed by atoms with Crippen LogP contribution in [-0.4, -0.2) is 46.4 Å². The molecule has 0 aromatic heterocycles. The average Bonchev–Trinajstić information content (AvgIpc) is 2.53. The summed E-state index contributed by atoms with van der Waals surface area (Å²) in [5, 5.41) is 2.89. The summed E-state index contributed by atoms with van der Waals surface area (Å²) < 4.78 is 30.2. The van der Waals surface area contributed by atoms with Gasteiger partial charge in [-0.05, 0) is 25.3 Å². The highest BCUT2D eigenvalue weighted by molar-refractivity contribution is 7.88. The molecular weight excluding hydrogens is 316 g/mol. The van der Waals surface area contributed by atoms with Gasteiger partial charge in [0.1, 0.15) is 0 Å². The van der Waals surface area contributed by atoms with Gasteiger partial charge in [-0.15, -0.1) is 0 Å². The monoisotopic (exact) mass is 340 g/mol. The fourth-order valence-electron chi connectivity index (χ4n) is 2.91. The predicted molar refractivity (Wildman–Crippen MR) is 88.6 cm³/mol. The highest BCUT2D eigenvalue weighted by Gasteiger charge is 2.35. The Labute approximate surface area is 137 Å². The van der Waals surface area contributed by atoms with Gasteiger partial charge in [0.2, 0.25) is 15.9 Å². The number of ether oxygens (including phenoxy) is 1. The molecule has 1 fully saturated rings. The largest absolute Gasteiger partial charge is 0.381 e. The van der Waals surface area contributed by atoms with Crippen molar-refractivity contribution in [2.24, 2.45) is 0 Å². The van der Waals surface area contributed by atoms with Gasteiger partial charge < -0.3 is 10.1 Å². The fourth-order valence-corrected chi connectivity index (χ4v) is 3.65. The lowest BCUT2D eigenvalue weighted by molar-refractivity contribution is -0.122. The van der Waals surface area contributed by atoms with E-state index in [1.807, 2.05) is 18.2 Å². The van der Waals surface area contributed by atoms with Crippen LogP contribution in [-0.2, 0) is 25.0 Å². The second-order valence-corrected chi connectivity index (χ2v) is 7.87. The van der Waals surface area contributed by atoms with Crippen LogP contribution in [0.1, 0.15) is 25.3 Å². The first kappa shape index (κ1) is 17.9. The molecule has 1 amide bonds. The molecule has 1 saturated heterocycles. The van der Waals surface area contributed by atoms with E-state index in [9.17, 15) is 13.2 Å². The Hall–Kier alpha value is -1.44. The van der Waals surface area contributed by atoms with Crippen LogP contribution in [0.4, 0.5) is 0 Å². The van der Waals surface area contributed by atoms with E-state index in [4.69, 9.17) is 4.74 Å². The summed E-state index contributed by atoms with van der Waals surface area (Å²) in [5.74, 6) is -0.322. The molecule has 1 aliphatic heterocycles. The summed E-state index contributed by atoms with van der Waals surface area (Å²) in [4.78, 5) is 12.2. The molecule has 1 aliphatic rings. The van der Waals surface area contributed by atoms with E-state index in [0.29, 0.717) is 19.8 Å². The van der Waals surface area contributed by atoms with Crippen LogP contribution in [0.5, 0.6) is 0 Å². The molecule has 7 heteroatoms. The van der Waals surface area contributed by atoms with Crippen molar-refractivity contribution in [3.05, 3.63) is 35.9 Å². The minimum absolute atomic E-state index is 0.167. The second-order valence-electron chi connectivity index (χ2n) is 6.09. The molecule has 6 nitrogen and oxygen atoms in total. The van der Waals surface area contributed by atoms with Gasteiger partial charge in [0.25, 0.3) is 0 Å². The number of nitrogens with one attached hydrogen (secondary N) is 2. The topological polar surface area (TPSA) is 84.5 Å². The summed E-state index contributed by atoms with van der Waals surface area (Å²) in [6.45, 7) is 3.31. The van der Waals surface area contributed by atoms with Crippen molar-refractivity contribution >= 4 is 15.9 Å². The van der Waals surface area contributed by atoms with E-state index < -0.39 is 16.1 Å². The fraction of sp³-hybridized carbons (Fsp3) is 0.562. The van der Waals surface area contributed by atoms with Crippen LogP contribution in [0, 0.1) is 0 Å². The normalized spacial score (nSPS) is 19.0. The first-order valence-corrected chi connectivity index (χ1v) is 9.60. The van der Waals surface area contributed by atoms with Crippen molar-refractivity contribution in [3.8, 4) is 0 Å². The molecule has 0 radical (unpaired) electrons. The molecule has 1 heterocycles. The van der Waals surface area contributed by atoms with Gasteiger partial charge in [-0.1, -0.05) is 30.3 Å². The molecule has 0 aliphatic carbocycles. The Morgan fingerprint density at radius 3 is 2.43 bits per heavy atom. The third-order valence-corrected chi connectivity index (χ3v) is 5.00. The summed E-state index contributed by atoms with van der Waals surface area (Å²) in [6.07, 6.45) is 2.69. The minimum Gasteiger partial charge on any atom is -0.381 e. The standard InChI is InChI=1S/C16H24N2O4S/c1-13(18-23(2,20)21)15(19)17-12-16(8-10-22-11-9-16)14-6-4-3-5-7-14/h3-7,13,18H,8-12H2,1-2H3,(H,17,19)/t13-/m1/s1. The van der Waals surface area contributed by atoms with Gasteiger partial charge >= 0.3 is 0 Å². The highest BCUT2D eigenvalue weighted by Crippen LogP contribution is 2.34. The van der Waals surface area contributed by atoms with Crippen molar-refractivity contribution in [1.29, 1.82) is 0 Å². The number of sulfonamides is 1. The molecule has 0 bridgehead atoms. The Balaban J connectivity index is 2.06. The van der Waals surface area contributed by atoms with Crippen molar-refractivity contribution in [1.82, 2.24) is 10.0 Å². The van der Waals surface area contributed by atoms with Gasteiger partial charge in [0, 0.05) is 25.2 Å². The predicted octanol–water partition coefficient (Wildman–Crippen LogP) is 0.789. The van der Waals surface area contributed by atoms with Crippen LogP contribution >= 0.6 is 0 Å². The van der Waals surface area contributed by atoms with E-state index in [-0.39, 0.29) is 11.3 Å². The van der Waals surface area contributed by atoms with Crippen LogP contribution in [0.2, 0.25) is 0 Å². The van der Waals surface area contributed by atoms with Gasteiger partial charge in [-0.2, -0.15) is 0 Å². The summed E-state index contributed by atoms with van der Waals surface area (Å²) in [5.41, 5.74) is 1.01. The smallest absolute Gasteiger partial charge is 0.237 e. The van der Waals surface area contributed by atoms with Crippen molar-refractivity contribution in [3.63, 3.8) is 0 Å².